The summed E-state index contributed by atoms with van der Waals surface area (Å²) in [7, 11) is 0. The number of hydrogen-bond donors (Lipinski definition) is 0. The van der Waals surface area contributed by atoms with E-state index in [1.165, 1.54) is 0 Å². The Hall–Kier alpha value is -1.86. The number of ether oxygens (including phenoxy) is 1. The van der Waals surface area contributed by atoms with Crippen LogP contribution in [0.15, 0.2) is 12.2 Å². The Morgan fingerprint density at radius 3 is 2.47 bits per heavy atom. The van der Waals surface area contributed by atoms with Crippen molar-refractivity contribution in [3.8, 4) is 0 Å². The quantitative estimate of drug-likeness (QED) is 0.445. The van der Waals surface area contributed by atoms with Gasteiger partial charge in [-0.2, -0.15) is 13.2 Å². The van der Waals surface area contributed by atoms with Gasteiger partial charge in [0.05, 0.1) is 6.42 Å². The van der Waals surface area contributed by atoms with Gasteiger partial charge in [-0.25, -0.2) is 4.90 Å². The zero-order valence-corrected chi connectivity index (χ0v) is 10.1. The fourth-order valence-electron chi connectivity index (χ4n) is 1.41. The summed E-state index contributed by atoms with van der Waals surface area (Å²) in [6.07, 6.45) is -5.94. The summed E-state index contributed by atoms with van der Waals surface area (Å²) in [5, 5.41) is 0. The first-order valence-electron chi connectivity index (χ1n) is 5.50. The van der Waals surface area contributed by atoms with Crippen molar-refractivity contribution in [1.82, 2.24) is 4.90 Å². The molecular weight excluding hydrogens is 267 g/mol. The fourth-order valence-corrected chi connectivity index (χ4v) is 1.41. The second-order valence-corrected chi connectivity index (χ2v) is 3.94. The summed E-state index contributed by atoms with van der Waals surface area (Å²) in [5.74, 6) is -3.09. The number of rotatable bonds is 4. The van der Waals surface area contributed by atoms with Gasteiger partial charge in [0.1, 0.15) is 5.57 Å². The number of esters is 1. The minimum absolute atomic E-state index is 0.0624. The molecule has 106 valence electrons. The first kappa shape index (κ1) is 15.2. The molecule has 0 aliphatic carbocycles. The van der Waals surface area contributed by atoms with Gasteiger partial charge < -0.3 is 4.74 Å². The average molecular weight is 279 g/mol. The topological polar surface area (TPSA) is 63.7 Å². The number of β-lactam (4-membered cyclic amide) rings is 1. The minimum atomic E-state index is -4.93. The molecular formula is C11H12F3NO4. The highest BCUT2D eigenvalue weighted by Crippen LogP contribution is 2.30. The number of carbonyl (C=O) groups excluding carboxylic acids is 3. The molecule has 0 aromatic carbocycles. The van der Waals surface area contributed by atoms with E-state index >= 15 is 0 Å². The number of hydrogen-bond acceptors (Lipinski definition) is 4. The molecule has 0 aromatic rings. The Bertz CT molecular complexity index is 430. The highest BCUT2D eigenvalue weighted by Gasteiger charge is 2.49. The highest BCUT2D eigenvalue weighted by molar-refractivity contribution is 6.08. The molecule has 0 bridgehead atoms. The Morgan fingerprint density at radius 1 is 1.47 bits per heavy atom. The molecule has 0 saturated carbocycles. The number of alkyl halides is 3. The number of carbonyl (C=O) groups is 3. The zero-order valence-electron chi connectivity index (χ0n) is 10.1. The van der Waals surface area contributed by atoms with Gasteiger partial charge in [0, 0.05) is 6.42 Å². The van der Waals surface area contributed by atoms with Crippen LogP contribution in [0, 0.1) is 0 Å². The molecule has 0 N–H and O–H groups in total. The van der Waals surface area contributed by atoms with Crippen molar-refractivity contribution in [3.63, 3.8) is 0 Å². The van der Waals surface area contributed by atoms with Crippen LogP contribution < -0.4 is 0 Å². The zero-order chi connectivity index (χ0) is 14.8. The molecule has 0 radical (unpaired) electrons. The predicted octanol–water partition coefficient (Wildman–Crippen LogP) is 1.53. The van der Waals surface area contributed by atoms with Gasteiger partial charge >= 0.3 is 12.1 Å². The van der Waals surface area contributed by atoms with Gasteiger partial charge in [0.25, 0.3) is 5.91 Å². The maximum atomic E-state index is 12.3. The molecule has 0 aromatic heterocycles. The smallest absolute Gasteiger partial charge is 0.421 e. The SMILES string of the molecule is C=C(C(=O)N1C(=O)CC1OC(=O)CCC)C(F)(F)F. The van der Waals surface area contributed by atoms with Crippen LogP contribution in [0.3, 0.4) is 0 Å². The molecule has 5 nitrogen and oxygen atoms in total. The van der Waals surface area contributed by atoms with E-state index in [1.807, 2.05) is 0 Å². The molecule has 1 saturated heterocycles. The third-order valence-corrected chi connectivity index (χ3v) is 2.45. The molecule has 1 aliphatic rings. The first-order valence-corrected chi connectivity index (χ1v) is 5.50. The van der Waals surface area contributed by atoms with Crippen LogP contribution in [0.4, 0.5) is 13.2 Å². The van der Waals surface area contributed by atoms with E-state index in [-0.39, 0.29) is 17.7 Å². The summed E-state index contributed by atoms with van der Waals surface area (Å²) < 4.78 is 41.6. The second kappa shape index (κ2) is 5.41. The number of amides is 2. The lowest BCUT2D eigenvalue weighted by atomic mass is 10.1. The van der Waals surface area contributed by atoms with E-state index in [0.29, 0.717) is 6.42 Å². The highest BCUT2D eigenvalue weighted by atomic mass is 19.4. The van der Waals surface area contributed by atoms with Gasteiger partial charge in [-0.1, -0.05) is 13.5 Å². The van der Waals surface area contributed by atoms with E-state index in [2.05, 4.69) is 6.58 Å². The van der Waals surface area contributed by atoms with Crippen molar-refractivity contribution in [2.45, 2.75) is 38.6 Å². The van der Waals surface area contributed by atoms with E-state index < -0.39 is 35.8 Å². The lowest BCUT2D eigenvalue weighted by Crippen LogP contribution is -2.58. The lowest BCUT2D eigenvalue weighted by Gasteiger charge is -2.37. The van der Waals surface area contributed by atoms with Crippen LogP contribution in [0.25, 0.3) is 0 Å². The number of imide groups is 1. The van der Waals surface area contributed by atoms with Crippen LogP contribution in [-0.4, -0.2) is 35.1 Å². The maximum Gasteiger partial charge on any atom is 0.421 e. The minimum Gasteiger partial charge on any atom is -0.440 e. The van der Waals surface area contributed by atoms with Crippen molar-refractivity contribution in [1.29, 1.82) is 0 Å². The van der Waals surface area contributed by atoms with Crippen LogP contribution in [0.5, 0.6) is 0 Å². The summed E-state index contributed by atoms with van der Waals surface area (Å²) in [6, 6.07) is 0. The molecule has 19 heavy (non-hydrogen) atoms. The maximum absolute atomic E-state index is 12.3. The monoisotopic (exact) mass is 279 g/mol. The summed E-state index contributed by atoms with van der Waals surface area (Å²) in [5.41, 5.74) is -1.67. The second-order valence-electron chi connectivity index (χ2n) is 3.94. The van der Waals surface area contributed by atoms with Gasteiger partial charge in [-0.05, 0) is 6.42 Å². The lowest BCUT2D eigenvalue weighted by molar-refractivity contribution is -0.188. The number of nitrogens with zero attached hydrogens (tertiary/aromatic N) is 1. The van der Waals surface area contributed by atoms with E-state index in [9.17, 15) is 27.6 Å². The largest absolute Gasteiger partial charge is 0.440 e. The molecule has 1 heterocycles. The molecule has 2 amide bonds. The van der Waals surface area contributed by atoms with Crippen molar-refractivity contribution in [2.75, 3.05) is 0 Å². The van der Waals surface area contributed by atoms with Crippen LogP contribution in [-0.2, 0) is 19.1 Å². The van der Waals surface area contributed by atoms with E-state index in [1.54, 1.807) is 6.92 Å². The molecule has 1 unspecified atom stereocenters. The van der Waals surface area contributed by atoms with Crippen molar-refractivity contribution in [3.05, 3.63) is 12.2 Å². The third kappa shape index (κ3) is 3.33. The summed E-state index contributed by atoms with van der Waals surface area (Å²) >= 11 is 0. The van der Waals surface area contributed by atoms with Crippen molar-refractivity contribution < 1.29 is 32.3 Å². The van der Waals surface area contributed by atoms with Gasteiger partial charge in [-0.3, -0.25) is 14.4 Å². The number of likely N-dealkylation sites (tertiary alicyclic amines) is 1. The van der Waals surface area contributed by atoms with Crippen molar-refractivity contribution in [2.24, 2.45) is 0 Å². The Labute approximate surface area is 107 Å². The average Bonchev–Trinajstić information content (AvgIpc) is 2.26. The van der Waals surface area contributed by atoms with E-state index in [4.69, 9.17) is 4.74 Å². The molecule has 1 aliphatic heterocycles. The van der Waals surface area contributed by atoms with Gasteiger partial charge in [0.2, 0.25) is 5.91 Å². The van der Waals surface area contributed by atoms with Crippen LogP contribution in [0.1, 0.15) is 26.2 Å². The van der Waals surface area contributed by atoms with Crippen LogP contribution >= 0.6 is 0 Å². The summed E-state index contributed by atoms with van der Waals surface area (Å²) in [6.45, 7) is 4.31. The molecule has 1 rings (SSSR count). The Morgan fingerprint density at radius 2 is 2.05 bits per heavy atom. The first-order chi connectivity index (χ1) is 8.68. The van der Waals surface area contributed by atoms with Crippen LogP contribution in [0.2, 0.25) is 0 Å². The van der Waals surface area contributed by atoms with Gasteiger partial charge in [-0.15, -0.1) is 0 Å². The van der Waals surface area contributed by atoms with E-state index in [0.717, 1.165) is 0 Å². The fraction of sp³-hybridized carbons (Fsp3) is 0.545. The molecule has 1 atom stereocenters. The standard InChI is InChI=1S/C11H12F3NO4/c1-3-4-9(17)19-8-5-7(16)15(8)10(18)6(2)11(12,13)14/h8H,2-5H2,1H3. The third-order valence-electron chi connectivity index (χ3n) is 2.45. The Balaban J connectivity index is 2.70. The summed E-state index contributed by atoms with van der Waals surface area (Å²) in [4.78, 5) is 34.0. The van der Waals surface area contributed by atoms with Crippen molar-refractivity contribution >= 4 is 17.8 Å². The Kier molecular flexibility index (Phi) is 4.33. The normalized spacial score (nSPS) is 18.8. The van der Waals surface area contributed by atoms with Gasteiger partial charge in [0.15, 0.2) is 6.23 Å². The molecule has 8 heteroatoms. The predicted molar refractivity (Wildman–Crippen MR) is 56.5 cm³/mol. The molecule has 0 spiro atoms. The number of halogens is 3. The molecule has 1 fully saturated rings.